The number of allylic oxidation sites excluding steroid dienone is 1. The van der Waals surface area contributed by atoms with Gasteiger partial charge < -0.3 is 5.32 Å². The van der Waals surface area contributed by atoms with Gasteiger partial charge in [-0.15, -0.1) is 0 Å². The molecule has 3 rings (SSSR count). The second-order valence-corrected chi connectivity index (χ2v) is 9.40. The number of fused-ring (bicyclic) bond motifs is 1. The van der Waals surface area contributed by atoms with E-state index in [1.165, 1.54) is 6.26 Å². The van der Waals surface area contributed by atoms with Gasteiger partial charge in [0, 0.05) is 24.7 Å². The van der Waals surface area contributed by atoms with Gasteiger partial charge in [0.05, 0.1) is 35.6 Å². The molecule has 0 atom stereocenters. The fraction of sp³-hybridized carbons (Fsp3) is 0.474. The first-order valence-corrected chi connectivity index (χ1v) is 11.4. The number of hydrogen-bond acceptors (Lipinski definition) is 7. The molecule has 1 N–H and O–H groups in total. The lowest BCUT2D eigenvalue weighted by Gasteiger charge is -2.13. The molecule has 0 saturated heterocycles. The third-order valence-corrected chi connectivity index (χ3v) is 5.12. The summed E-state index contributed by atoms with van der Waals surface area (Å²) < 4.78 is 24.8. The Morgan fingerprint density at radius 2 is 2.14 bits per heavy atom. The van der Waals surface area contributed by atoms with Crippen LogP contribution in [0.2, 0.25) is 0 Å². The van der Waals surface area contributed by atoms with Crippen molar-refractivity contribution in [1.29, 1.82) is 0 Å². The molecule has 1 aliphatic rings. The molecule has 0 amide bonds. The summed E-state index contributed by atoms with van der Waals surface area (Å²) in [6.45, 7) is 4.31. The lowest BCUT2D eigenvalue weighted by molar-refractivity contribution is 0.601. The number of hydrogen-bond donors (Lipinski definition) is 1. The molecule has 150 valence electrons. The van der Waals surface area contributed by atoms with Gasteiger partial charge in [0.1, 0.15) is 9.84 Å². The molecule has 0 radical (unpaired) electrons. The predicted octanol–water partition coefficient (Wildman–Crippen LogP) is 2.65. The SMILES string of the molecule is CC(C)Nc1nccc(-c2cnc3n2/C=C\CCCC3=NCCS(C)(=O)=O)n1. The highest BCUT2D eigenvalue weighted by molar-refractivity contribution is 7.90. The lowest BCUT2D eigenvalue weighted by atomic mass is 10.1. The van der Waals surface area contributed by atoms with Crippen LogP contribution in [0.5, 0.6) is 0 Å². The van der Waals surface area contributed by atoms with Crippen LogP contribution in [0.15, 0.2) is 29.5 Å². The van der Waals surface area contributed by atoms with Crippen LogP contribution >= 0.6 is 0 Å². The highest BCUT2D eigenvalue weighted by atomic mass is 32.2. The molecular formula is C19H26N6O2S. The average molecular weight is 403 g/mol. The summed E-state index contributed by atoms with van der Waals surface area (Å²) in [5.74, 6) is 1.34. The van der Waals surface area contributed by atoms with E-state index in [0.29, 0.717) is 5.95 Å². The van der Waals surface area contributed by atoms with Crippen molar-refractivity contribution in [3.63, 3.8) is 0 Å². The average Bonchev–Trinajstić information content (AvgIpc) is 2.99. The molecule has 0 unspecified atom stereocenters. The van der Waals surface area contributed by atoms with E-state index < -0.39 is 9.84 Å². The van der Waals surface area contributed by atoms with Gasteiger partial charge in [-0.05, 0) is 39.2 Å². The molecular weight excluding hydrogens is 376 g/mol. The van der Waals surface area contributed by atoms with Crippen molar-refractivity contribution < 1.29 is 8.42 Å². The molecule has 8 nitrogen and oxygen atoms in total. The van der Waals surface area contributed by atoms with E-state index in [1.807, 2.05) is 30.7 Å². The zero-order valence-corrected chi connectivity index (χ0v) is 17.3. The first-order chi connectivity index (χ1) is 13.3. The van der Waals surface area contributed by atoms with Crippen LogP contribution in [0.4, 0.5) is 5.95 Å². The number of anilines is 1. The Bertz CT molecular complexity index is 992. The number of nitrogens with one attached hydrogen (secondary N) is 1. The van der Waals surface area contributed by atoms with Crippen LogP contribution in [0.25, 0.3) is 17.6 Å². The second-order valence-electron chi connectivity index (χ2n) is 7.14. The molecule has 3 heterocycles. The standard InChI is InChI=1S/C19H26N6O2S/c1-14(2)23-19-21-9-8-15(24-19)17-13-22-18-16(20-10-12-28(3,26)27)7-5-4-6-11-25(17)18/h6,8-9,11,13-14H,4-5,7,10,12H2,1-3H3,(H,21,23,24)/b11-6-,20-16?. The van der Waals surface area contributed by atoms with Crippen molar-refractivity contribution >= 4 is 27.7 Å². The quantitative estimate of drug-likeness (QED) is 0.797. The molecule has 0 saturated carbocycles. The molecule has 0 aromatic carbocycles. The largest absolute Gasteiger partial charge is 0.352 e. The van der Waals surface area contributed by atoms with E-state index >= 15 is 0 Å². The number of aliphatic imine (C=N–C) groups is 1. The molecule has 9 heteroatoms. The molecule has 0 aliphatic carbocycles. The van der Waals surface area contributed by atoms with Crippen LogP contribution in [0.3, 0.4) is 0 Å². The molecule has 2 aromatic rings. The number of nitrogens with zero attached hydrogens (tertiary/aromatic N) is 5. The maximum absolute atomic E-state index is 11.4. The number of imidazole rings is 1. The van der Waals surface area contributed by atoms with Crippen molar-refractivity contribution in [3.8, 4) is 11.4 Å². The Hall–Kier alpha value is -2.55. The molecule has 0 spiro atoms. The van der Waals surface area contributed by atoms with Gasteiger partial charge in [0.15, 0.2) is 5.82 Å². The highest BCUT2D eigenvalue weighted by Crippen LogP contribution is 2.23. The van der Waals surface area contributed by atoms with E-state index in [-0.39, 0.29) is 18.3 Å². The molecule has 2 aromatic heterocycles. The van der Waals surface area contributed by atoms with E-state index in [2.05, 4.69) is 31.3 Å². The summed E-state index contributed by atoms with van der Waals surface area (Å²) in [7, 11) is -3.04. The summed E-state index contributed by atoms with van der Waals surface area (Å²) in [5.41, 5.74) is 2.43. The minimum Gasteiger partial charge on any atom is -0.352 e. The van der Waals surface area contributed by atoms with Gasteiger partial charge in [-0.1, -0.05) is 6.08 Å². The summed E-state index contributed by atoms with van der Waals surface area (Å²) in [6, 6.07) is 2.08. The summed E-state index contributed by atoms with van der Waals surface area (Å²) >= 11 is 0. The van der Waals surface area contributed by atoms with E-state index in [4.69, 9.17) is 0 Å². The van der Waals surface area contributed by atoms with Crippen LogP contribution in [0, 0.1) is 0 Å². The van der Waals surface area contributed by atoms with E-state index in [9.17, 15) is 8.42 Å². The third kappa shape index (κ3) is 5.25. The topological polar surface area (TPSA) is 102 Å². The minimum absolute atomic E-state index is 0.0377. The maximum atomic E-state index is 11.4. The number of rotatable bonds is 6. The van der Waals surface area contributed by atoms with Crippen LogP contribution in [-0.2, 0) is 9.84 Å². The molecule has 28 heavy (non-hydrogen) atoms. The van der Waals surface area contributed by atoms with Gasteiger partial charge in [0.25, 0.3) is 0 Å². The van der Waals surface area contributed by atoms with Crippen LogP contribution in [-0.4, -0.2) is 58.2 Å². The van der Waals surface area contributed by atoms with Gasteiger partial charge >= 0.3 is 0 Å². The minimum atomic E-state index is -3.04. The van der Waals surface area contributed by atoms with Gasteiger partial charge in [-0.2, -0.15) is 0 Å². The number of sulfone groups is 1. The van der Waals surface area contributed by atoms with Gasteiger partial charge in [0.2, 0.25) is 5.95 Å². The van der Waals surface area contributed by atoms with Crippen molar-refractivity contribution in [2.45, 2.75) is 39.2 Å². The lowest BCUT2D eigenvalue weighted by Crippen LogP contribution is -2.14. The Balaban J connectivity index is 1.97. The summed E-state index contributed by atoms with van der Waals surface area (Å²) in [5, 5.41) is 3.21. The normalized spacial score (nSPS) is 17.2. The second kappa shape index (κ2) is 8.64. The van der Waals surface area contributed by atoms with Crippen molar-refractivity contribution in [1.82, 2.24) is 19.5 Å². The van der Waals surface area contributed by atoms with Crippen molar-refractivity contribution in [2.24, 2.45) is 4.99 Å². The fourth-order valence-corrected chi connectivity index (χ4v) is 3.34. The summed E-state index contributed by atoms with van der Waals surface area (Å²) in [4.78, 5) is 18.0. The fourth-order valence-electron chi connectivity index (χ4n) is 2.92. The zero-order valence-electron chi connectivity index (χ0n) is 16.5. The Morgan fingerprint density at radius 3 is 2.89 bits per heavy atom. The first-order valence-electron chi connectivity index (χ1n) is 9.39. The van der Waals surface area contributed by atoms with E-state index in [1.54, 1.807) is 12.4 Å². The highest BCUT2D eigenvalue weighted by Gasteiger charge is 2.18. The molecule has 0 fully saturated rings. The van der Waals surface area contributed by atoms with Gasteiger partial charge in [-0.25, -0.2) is 23.4 Å². The Labute approximate surface area is 165 Å². The maximum Gasteiger partial charge on any atom is 0.223 e. The van der Waals surface area contributed by atoms with Crippen molar-refractivity contribution in [3.05, 3.63) is 30.4 Å². The third-order valence-electron chi connectivity index (χ3n) is 4.19. The van der Waals surface area contributed by atoms with Gasteiger partial charge in [-0.3, -0.25) is 9.56 Å². The smallest absolute Gasteiger partial charge is 0.223 e. The Kier molecular flexibility index (Phi) is 6.23. The first kappa shape index (κ1) is 20.2. The predicted molar refractivity (Wildman–Crippen MR) is 112 cm³/mol. The van der Waals surface area contributed by atoms with Crippen LogP contribution in [0.1, 0.15) is 38.9 Å². The zero-order chi connectivity index (χ0) is 20.1. The monoisotopic (exact) mass is 402 g/mol. The van der Waals surface area contributed by atoms with Crippen LogP contribution < -0.4 is 5.32 Å². The molecule has 0 bridgehead atoms. The summed E-state index contributed by atoms with van der Waals surface area (Å²) in [6.07, 6.45) is 11.5. The number of aromatic nitrogens is 4. The van der Waals surface area contributed by atoms with Crippen molar-refractivity contribution in [2.75, 3.05) is 23.9 Å². The Morgan fingerprint density at radius 1 is 1.32 bits per heavy atom. The van der Waals surface area contributed by atoms with E-state index in [0.717, 1.165) is 42.2 Å². The molecule has 1 aliphatic heterocycles.